The summed E-state index contributed by atoms with van der Waals surface area (Å²) in [5, 5.41) is 13.3. The number of hydrogen-bond donors (Lipinski definition) is 1. The third-order valence-electron chi connectivity index (χ3n) is 2.16. The van der Waals surface area contributed by atoms with Crippen molar-refractivity contribution in [2.75, 3.05) is 7.11 Å². The van der Waals surface area contributed by atoms with Crippen molar-refractivity contribution in [1.82, 2.24) is 0 Å². The van der Waals surface area contributed by atoms with Crippen molar-refractivity contribution in [3.05, 3.63) is 28.8 Å². The average molecular weight is 193 g/mol. The van der Waals surface area contributed by atoms with Crippen LogP contribution in [0.4, 0.5) is 0 Å². The van der Waals surface area contributed by atoms with Gasteiger partial charge in [-0.15, -0.1) is 0 Å². The molecule has 0 saturated carbocycles. The quantitative estimate of drug-likeness (QED) is 0.578. The maximum absolute atomic E-state index is 9.47. The van der Waals surface area contributed by atoms with E-state index in [0.29, 0.717) is 5.75 Å². The Morgan fingerprint density at radius 1 is 1.29 bits per heavy atom. The molecule has 0 unspecified atom stereocenters. The Morgan fingerprint density at radius 3 is 2.50 bits per heavy atom. The van der Waals surface area contributed by atoms with E-state index in [1.54, 1.807) is 6.07 Å². The van der Waals surface area contributed by atoms with Crippen LogP contribution in [0.25, 0.3) is 0 Å². The lowest BCUT2D eigenvalue weighted by atomic mass is 10.0. The molecule has 0 aromatic heterocycles. The lowest BCUT2D eigenvalue weighted by Crippen LogP contribution is -1.99. The number of oxime groups is 1. The molecular formula is C11H15NO2. The molecule has 0 heterocycles. The van der Waals surface area contributed by atoms with Crippen LogP contribution < -0.4 is 0 Å². The maximum atomic E-state index is 9.47. The highest BCUT2D eigenvalue weighted by molar-refractivity contribution is 5.99. The molecule has 0 bridgehead atoms. The van der Waals surface area contributed by atoms with Gasteiger partial charge in [-0.3, -0.25) is 0 Å². The molecular weight excluding hydrogens is 178 g/mol. The first-order valence-corrected chi connectivity index (χ1v) is 4.44. The van der Waals surface area contributed by atoms with E-state index in [1.165, 1.54) is 7.11 Å². The van der Waals surface area contributed by atoms with E-state index in [0.717, 1.165) is 22.4 Å². The number of rotatable bonds is 2. The topological polar surface area (TPSA) is 41.8 Å². The van der Waals surface area contributed by atoms with Gasteiger partial charge in [-0.2, -0.15) is 0 Å². The van der Waals surface area contributed by atoms with Gasteiger partial charge < -0.3 is 9.94 Å². The molecule has 0 spiro atoms. The molecule has 3 nitrogen and oxygen atoms in total. The molecule has 0 aliphatic heterocycles. The summed E-state index contributed by atoms with van der Waals surface area (Å²) in [6, 6.07) is 3.64. The molecule has 3 heteroatoms. The van der Waals surface area contributed by atoms with Crippen LogP contribution in [0.2, 0.25) is 0 Å². The van der Waals surface area contributed by atoms with E-state index in [-0.39, 0.29) is 0 Å². The first-order chi connectivity index (χ1) is 6.56. The molecule has 0 radical (unpaired) electrons. The number of nitrogens with zero attached hydrogens (tertiary/aromatic N) is 1. The summed E-state index contributed by atoms with van der Waals surface area (Å²) in [6.45, 7) is 5.67. The van der Waals surface area contributed by atoms with Crippen molar-refractivity contribution in [2.45, 2.75) is 20.8 Å². The first kappa shape index (κ1) is 10.6. The molecule has 0 fully saturated rings. The monoisotopic (exact) mass is 193 g/mol. The van der Waals surface area contributed by atoms with E-state index < -0.39 is 0 Å². The third-order valence-corrected chi connectivity index (χ3v) is 2.16. The van der Waals surface area contributed by atoms with E-state index in [9.17, 15) is 5.11 Å². The van der Waals surface area contributed by atoms with Crippen LogP contribution in [-0.2, 0) is 4.84 Å². The molecule has 0 saturated heterocycles. The van der Waals surface area contributed by atoms with Crippen LogP contribution in [0.5, 0.6) is 5.75 Å². The fraction of sp³-hybridized carbons (Fsp3) is 0.364. The van der Waals surface area contributed by atoms with Crippen LogP contribution in [0.15, 0.2) is 17.3 Å². The van der Waals surface area contributed by atoms with Gasteiger partial charge in [-0.1, -0.05) is 5.16 Å². The maximum Gasteiger partial charge on any atom is 0.118 e. The highest BCUT2D eigenvalue weighted by Crippen LogP contribution is 2.21. The van der Waals surface area contributed by atoms with Gasteiger partial charge in [0.05, 0.1) is 5.71 Å². The van der Waals surface area contributed by atoms with Gasteiger partial charge in [0.15, 0.2) is 0 Å². The lowest BCUT2D eigenvalue weighted by molar-refractivity contribution is 0.213. The van der Waals surface area contributed by atoms with E-state index in [4.69, 9.17) is 4.84 Å². The van der Waals surface area contributed by atoms with Crippen LogP contribution >= 0.6 is 0 Å². The fourth-order valence-electron chi connectivity index (χ4n) is 1.38. The summed E-state index contributed by atoms with van der Waals surface area (Å²) < 4.78 is 0. The van der Waals surface area contributed by atoms with E-state index in [1.807, 2.05) is 26.8 Å². The smallest absolute Gasteiger partial charge is 0.118 e. The molecule has 1 aromatic carbocycles. The predicted molar refractivity (Wildman–Crippen MR) is 56.8 cm³/mol. The number of phenols is 1. The Labute approximate surface area is 84.0 Å². The highest BCUT2D eigenvalue weighted by atomic mass is 16.6. The van der Waals surface area contributed by atoms with Gasteiger partial charge in [-0.25, -0.2) is 0 Å². The average Bonchev–Trinajstić information content (AvgIpc) is 2.11. The minimum absolute atomic E-state index is 0.316. The molecule has 0 amide bonds. The molecule has 0 atom stereocenters. The number of benzene rings is 1. The van der Waals surface area contributed by atoms with Crippen LogP contribution in [-0.4, -0.2) is 17.9 Å². The molecule has 1 aromatic rings. The normalized spacial score (nSPS) is 11.6. The molecule has 1 N–H and O–H groups in total. The van der Waals surface area contributed by atoms with Crippen molar-refractivity contribution >= 4 is 5.71 Å². The number of phenolic OH excluding ortho intramolecular Hbond substituents is 1. The number of aryl methyl sites for hydroxylation is 2. The SMILES string of the molecule is CO/N=C(\C)c1cc(C)c(O)cc1C. The molecule has 1 rings (SSSR count). The molecule has 76 valence electrons. The summed E-state index contributed by atoms with van der Waals surface area (Å²) in [4.78, 5) is 4.71. The number of hydrogen-bond acceptors (Lipinski definition) is 3. The van der Waals surface area contributed by atoms with Crippen LogP contribution in [0.3, 0.4) is 0 Å². The van der Waals surface area contributed by atoms with Crippen LogP contribution in [0, 0.1) is 13.8 Å². The van der Waals surface area contributed by atoms with Gasteiger partial charge in [-0.05, 0) is 44.0 Å². The lowest BCUT2D eigenvalue weighted by Gasteiger charge is -2.07. The summed E-state index contributed by atoms with van der Waals surface area (Å²) in [5.41, 5.74) is 3.65. The molecule has 0 aliphatic rings. The highest BCUT2D eigenvalue weighted by Gasteiger charge is 2.06. The van der Waals surface area contributed by atoms with Gasteiger partial charge in [0, 0.05) is 5.56 Å². The van der Waals surface area contributed by atoms with Crippen molar-refractivity contribution in [2.24, 2.45) is 5.16 Å². The minimum Gasteiger partial charge on any atom is -0.508 e. The van der Waals surface area contributed by atoms with Gasteiger partial charge in [0.25, 0.3) is 0 Å². The Kier molecular flexibility index (Phi) is 3.12. The van der Waals surface area contributed by atoms with E-state index >= 15 is 0 Å². The van der Waals surface area contributed by atoms with Crippen molar-refractivity contribution < 1.29 is 9.94 Å². The Hall–Kier alpha value is -1.51. The molecule has 0 aliphatic carbocycles. The zero-order valence-corrected chi connectivity index (χ0v) is 8.96. The van der Waals surface area contributed by atoms with Crippen molar-refractivity contribution in [3.8, 4) is 5.75 Å². The summed E-state index contributed by atoms with van der Waals surface area (Å²) >= 11 is 0. The van der Waals surface area contributed by atoms with Gasteiger partial charge in [0.2, 0.25) is 0 Å². The van der Waals surface area contributed by atoms with Gasteiger partial charge in [0.1, 0.15) is 12.9 Å². The largest absolute Gasteiger partial charge is 0.508 e. The third kappa shape index (κ3) is 2.05. The zero-order valence-electron chi connectivity index (χ0n) is 8.96. The van der Waals surface area contributed by atoms with Crippen LogP contribution in [0.1, 0.15) is 23.6 Å². The predicted octanol–water partition coefficient (Wildman–Crippen LogP) is 2.38. The second-order valence-electron chi connectivity index (χ2n) is 3.31. The summed E-state index contributed by atoms with van der Waals surface area (Å²) in [5.74, 6) is 0.316. The van der Waals surface area contributed by atoms with Crippen molar-refractivity contribution in [1.29, 1.82) is 0 Å². The second-order valence-corrected chi connectivity index (χ2v) is 3.31. The summed E-state index contributed by atoms with van der Waals surface area (Å²) in [6.07, 6.45) is 0. The van der Waals surface area contributed by atoms with Gasteiger partial charge >= 0.3 is 0 Å². The minimum atomic E-state index is 0.316. The Morgan fingerprint density at radius 2 is 1.93 bits per heavy atom. The Bertz CT molecular complexity index is 370. The first-order valence-electron chi connectivity index (χ1n) is 4.44. The Balaban J connectivity index is 3.22. The second kappa shape index (κ2) is 4.13. The summed E-state index contributed by atoms with van der Waals surface area (Å²) in [7, 11) is 1.52. The zero-order chi connectivity index (χ0) is 10.7. The van der Waals surface area contributed by atoms with Crippen molar-refractivity contribution in [3.63, 3.8) is 0 Å². The molecule has 14 heavy (non-hydrogen) atoms. The van der Waals surface area contributed by atoms with E-state index in [2.05, 4.69) is 5.16 Å². The number of aromatic hydroxyl groups is 1. The standard InChI is InChI=1S/C11H15NO2/c1-7-6-11(13)8(2)5-10(7)9(3)12-14-4/h5-6,13H,1-4H3/b12-9+. The fourth-order valence-corrected chi connectivity index (χ4v) is 1.38.